The predicted molar refractivity (Wildman–Crippen MR) is 96.3 cm³/mol. The number of hydrogen-bond donors (Lipinski definition) is 1. The molecule has 0 aliphatic carbocycles. The molecule has 0 spiro atoms. The van der Waals surface area contributed by atoms with E-state index in [-0.39, 0.29) is 11.8 Å². The normalized spacial score (nSPS) is 14.0. The standard InChI is InChI=1S/C19H23NO3S/c1-14-9-7-8-12-18(14)13-24(22,23)16(3)19(21)20-15(2)17-10-5-4-6-11-17/h4-12,15-16H,13H2,1-3H3,(H,20,21). The zero-order valence-electron chi connectivity index (χ0n) is 14.2. The molecule has 5 heteroatoms. The highest BCUT2D eigenvalue weighted by Crippen LogP contribution is 2.17. The monoisotopic (exact) mass is 345 g/mol. The van der Waals surface area contributed by atoms with Gasteiger partial charge in [0.05, 0.1) is 11.8 Å². The summed E-state index contributed by atoms with van der Waals surface area (Å²) < 4.78 is 25.1. The van der Waals surface area contributed by atoms with Gasteiger partial charge in [-0.2, -0.15) is 0 Å². The number of aryl methyl sites for hydroxylation is 1. The largest absolute Gasteiger partial charge is 0.348 e. The lowest BCUT2D eigenvalue weighted by molar-refractivity contribution is -0.121. The van der Waals surface area contributed by atoms with E-state index < -0.39 is 21.0 Å². The van der Waals surface area contributed by atoms with Crippen LogP contribution in [0.1, 0.15) is 36.6 Å². The van der Waals surface area contributed by atoms with Gasteiger partial charge in [0.2, 0.25) is 5.91 Å². The lowest BCUT2D eigenvalue weighted by Gasteiger charge is -2.18. The summed E-state index contributed by atoms with van der Waals surface area (Å²) in [6, 6.07) is 16.5. The van der Waals surface area contributed by atoms with Crippen molar-refractivity contribution in [3.8, 4) is 0 Å². The van der Waals surface area contributed by atoms with Gasteiger partial charge in [-0.15, -0.1) is 0 Å². The summed E-state index contributed by atoms with van der Waals surface area (Å²) in [6.07, 6.45) is 0. The van der Waals surface area contributed by atoms with E-state index in [1.54, 1.807) is 12.1 Å². The van der Waals surface area contributed by atoms with Gasteiger partial charge in [-0.05, 0) is 37.5 Å². The summed E-state index contributed by atoms with van der Waals surface area (Å²) in [7, 11) is -3.57. The van der Waals surface area contributed by atoms with Crippen molar-refractivity contribution in [3.63, 3.8) is 0 Å². The fourth-order valence-electron chi connectivity index (χ4n) is 2.43. The first-order valence-electron chi connectivity index (χ1n) is 7.92. The number of nitrogens with one attached hydrogen (secondary N) is 1. The van der Waals surface area contributed by atoms with Gasteiger partial charge < -0.3 is 5.32 Å². The molecule has 2 unspecified atom stereocenters. The first-order valence-corrected chi connectivity index (χ1v) is 9.64. The van der Waals surface area contributed by atoms with E-state index >= 15 is 0 Å². The summed E-state index contributed by atoms with van der Waals surface area (Å²) in [5.41, 5.74) is 2.58. The number of sulfone groups is 1. The lowest BCUT2D eigenvalue weighted by atomic mass is 10.1. The van der Waals surface area contributed by atoms with Crippen molar-refractivity contribution in [3.05, 3.63) is 71.3 Å². The van der Waals surface area contributed by atoms with E-state index in [1.807, 2.05) is 56.3 Å². The summed E-state index contributed by atoms with van der Waals surface area (Å²) >= 11 is 0. The van der Waals surface area contributed by atoms with Gasteiger partial charge >= 0.3 is 0 Å². The first-order chi connectivity index (χ1) is 11.3. The Bertz CT molecular complexity index is 800. The number of carbonyl (C=O) groups excluding carboxylic acids is 1. The minimum Gasteiger partial charge on any atom is -0.348 e. The van der Waals surface area contributed by atoms with Gasteiger partial charge in [0.15, 0.2) is 9.84 Å². The third-order valence-corrected chi connectivity index (χ3v) is 6.19. The van der Waals surface area contributed by atoms with E-state index in [0.717, 1.165) is 16.7 Å². The molecule has 0 fully saturated rings. The van der Waals surface area contributed by atoms with E-state index in [0.29, 0.717) is 0 Å². The maximum absolute atomic E-state index is 12.6. The van der Waals surface area contributed by atoms with Crippen molar-refractivity contribution in [1.29, 1.82) is 0 Å². The van der Waals surface area contributed by atoms with Crippen LogP contribution in [0.25, 0.3) is 0 Å². The maximum atomic E-state index is 12.6. The van der Waals surface area contributed by atoms with Gasteiger partial charge in [0, 0.05) is 0 Å². The zero-order valence-corrected chi connectivity index (χ0v) is 15.0. The van der Waals surface area contributed by atoms with Crippen LogP contribution in [-0.4, -0.2) is 19.6 Å². The quantitative estimate of drug-likeness (QED) is 0.874. The second-order valence-corrected chi connectivity index (χ2v) is 8.34. The molecule has 0 aliphatic rings. The number of amides is 1. The van der Waals surface area contributed by atoms with Crippen molar-refractivity contribution in [2.45, 2.75) is 37.8 Å². The van der Waals surface area contributed by atoms with Crippen molar-refractivity contribution in [2.75, 3.05) is 0 Å². The Morgan fingerprint density at radius 3 is 2.21 bits per heavy atom. The Hall–Kier alpha value is -2.14. The molecule has 0 aliphatic heterocycles. The molecule has 0 radical (unpaired) electrons. The molecule has 1 N–H and O–H groups in total. The Kier molecular flexibility index (Phi) is 5.78. The molecule has 4 nitrogen and oxygen atoms in total. The highest BCUT2D eigenvalue weighted by atomic mass is 32.2. The SMILES string of the molecule is Cc1ccccc1CS(=O)(=O)C(C)C(=O)NC(C)c1ccccc1. The van der Waals surface area contributed by atoms with Crippen LogP contribution in [0.2, 0.25) is 0 Å². The lowest BCUT2D eigenvalue weighted by Crippen LogP contribution is -2.39. The molecule has 0 heterocycles. The van der Waals surface area contributed by atoms with E-state index in [2.05, 4.69) is 5.32 Å². The van der Waals surface area contributed by atoms with E-state index in [9.17, 15) is 13.2 Å². The molecule has 24 heavy (non-hydrogen) atoms. The Morgan fingerprint density at radius 1 is 1.00 bits per heavy atom. The molecule has 0 aromatic heterocycles. The fourth-order valence-corrected chi connectivity index (χ4v) is 3.83. The van der Waals surface area contributed by atoms with Gasteiger partial charge in [-0.3, -0.25) is 4.79 Å². The van der Waals surface area contributed by atoms with E-state index in [4.69, 9.17) is 0 Å². The van der Waals surface area contributed by atoms with Crippen LogP contribution in [0.5, 0.6) is 0 Å². The molecule has 0 bridgehead atoms. The maximum Gasteiger partial charge on any atom is 0.238 e. The summed E-state index contributed by atoms with van der Waals surface area (Å²) in [4.78, 5) is 12.4. The Morgan fingerprint density at radius 2 is 1.58 bits per heavy atom. The van der Waals surface area contributed by atoms with Crippen LogP contribution < -0.4 is 5.32 Å². The molecule has 2 aromatic carbocycles. The second-order valence-electron chi connectivity index (χ2n) is 6.02. The number of hydrogen-bond acceptors (Lipinski definition) is 3. The van der Waals surface area contributed by atoms with Crippen molar-refractivity contribution in [1.82, 2.24) is 5.32 Å². The molecule has 2 aromatic rings. The van der Waals surface area contributed by atoms with Crippen LogP contribution in [0.15, 0.2) is 54.6 Å². The number of benzene rings is 2. The molecule has 2 rings (SSSR count). The Labute approximate surface area is 143 Å². The first kappa shape index (κ1) is 18.2. The highest BCUT2D eigenvalue weighted by Gasteiger charge is 2.29. The summed E-state index contributed by atoms with van der Waals surface area (Å²) in [5, 5.41) is 1.69. The predicted octanol–water partition coefficient (Wildman–Crippen LogP) is 3.18. The third-order valence-electron chi connectivity index (χ3n) is 4.18. The second kappa shape index (κ2) is 7.62. The van der Waals surface area contributed by atoms with Crippen LogP contribution >= 0.6 is 0 Å². The highest BCUT2D eigenvalue weighted by molar-refractivity contribution is 7.92. The minimum atomic E-state index is -3.57. The summed E-state index contributed by atoms with van der Waals surface area (Å²) in [6.45, 7) is 5.15. The number of carbonyl (C=O) groups is 1. The van der Waals surface area contributed by atoms with Gasteiger partial charge in [-0.25, -0.2) is 8.42 Å². The number of rotatable bonds is 6. The van der Waals surface area contributed by atoms with Crippen molar-refractivity contribution >= 4 is 15.7 Å². The molecule has 128 valence electrons. The van der Waals surface area contributed by atoms with Gasteiger partial charge in [0.25, 0.3) is 0 Å². The average molecular weight is 345 g/mol. The van der Waals surface area contributed by atoms with Crippen LogP contribution in [0.4, 0.5) is 0 Å². The van der Waals surface area contributed by atoms with Crippen molar-refractivity contribution in [2.24, 2.45) is 0 Å². The minimum absolute atomic E-state index is 0.131. The third kappa shape index (κ3) is 4.45. The van der Waals surface area contributed by atoms with Crippen molar-refractivity contribution < 1.29 is 13.2 Å². The zero-order chi connectivity index (χ0) is 17.7. The molecule has 2 atom stereocenters. The van der Waals surface area contributed by atoms with Crippen LogP contribution in [-0.2, 0) is 20.4 Å². The van der Waals surface area contributed by atoms with Gasteiger partial charge in [-0.1, -0.05) is 54.6 Å². The van der Waals surface area contributed by atoms with Crippen LogP contribution in [0, 0.1) is 6.92 Å². The smallest absolute Gasteiger partial charge is 0.238 e. The van der Waals surface area contributed by atoms with E-state index in [1.165, 1.54) is 6.92 Å². The molecule has 0 saturated heterocycles. The fraction of sp³-hybridized carbons (Fsp3) is 0.316. The molecule has 1 amide bonds. The topological polar surface area (TPSA) is 63.2 Å². The van der Waals surface area contributed by atoms with Crippen LogP contribution in [0.3, 0.4) is 0 Å². The molecular formula is C19H23NO3S. The average Bonchev–Trinajstić information content (AvgIpc) is 2.56. The molecular weight excluding hydrogens is 322 g/mol. The molecule has 0 saturated carbocycles. The van der Waals surface area contributed by atoms with Gasteiger partial charge in [0.1, 0.15) is 5.25 Å². The summed E-state index contributed by atoms with van der Waals surface area (Å²) in [5.74, 6) is -0.603. The Balaban J connectivity index is 2.07.